The Hall–Kier alpha value is -2.30. The second-order valence-corrected chi connectivity index (χ2v) is 4.54. The van der Waals surface area contributed by atoms with Gasteiger partial charge in [0.25, 0.3) is 0 Å². The number of para-hydroxylation sites is 1. The van der Waals surface area contributed by atoms with Gasteiger partial charge in [-0.15, -0.1) is 0 Å². The van der Waals surface area contributed by atoms with E-state index in [1.54, 1.807) is 31.2 Å². The molecule has 0 aliphatic heterocycles. The number of carbonyl (C=O) groups is 2. The first-order valence-corrected chi connectivity index (χ1v) is 6.23. The average molecular weight is 278 g/mol. The molecular weight excluding hydrogens is 260 g/mol. The zero-order valence-corrected chi connectivity index (χ0v) is 11.8. The minimum Gasteiger partial charge on any atom is -0.478 e. The molecule has 1 N–H and O–H groups in total. The summed E-state index contributed by atoms with van der Waals surface area (Å²) in [5.74, 6) is -1.14. The molecule has 0 spiro atoms. The third-order valence-corrected chi connectivity index (χ3v) is 2.48. The number of hydrogen-bond acceptors (Lipinski definition) is 4. The lowest BCUT2D eigenvalue weighted by Gasteiger charge is -2.22. The predicted octanol–water partition coefficient (Wildman–Crippen LogP) is 2.50. The van der Waals surface area contributed by atoms with Crippen LogP contribution >= 0.6 is 0 Å². The number of carboxylic acids is 1. The van der Waals surface area contributed by atoms with Gasteiger partial charge in [-0.2, -0.15) is 0 Å². The molecule has 0 heterocycles. The van der Waals surface area contributed by atoms with Crippen LogP contribution in [-0.4, -0.2) is 29.3 Å². The van der Waals surface area contributed by atoms with Gasteiger partial charge in [-0.05, 0) is 32.9 Å². The Bertz CT molecular complexity index is 517. The zero-order chi connectivity index (χ0) is 15.2. The van der Waals surface area contributed by atoms with Gasteiger partial charge in [0.2, 0.25) is 0 Å². The van der Waals surface area contributed by atoms with Crippen molar-refractivity contribution in [3.05, 3.63) is 35.9 Å². The highest BCUT2D eigenvalue weighted by atomic mass is 16.5. The molecule has 1 aromatic carbocycles. The van der Waals surface area contributed by atoms with Crippen LogP contribution in [0.5, 0.6) is 5.75 Å². The lowest BCUT2D eigenvalue weighted by molar-refractivity contribution is -0.152. The fourth-order valence-electron chi connectivity index (χ4n) is 1.38. The number of aliphatic carboxylic acids is 1. The summed E-state index contributed by atoms with van der Waals surface area (Å²) in [4.78, 5) is 22.3. The van der Waals surface area contributed by atoms with Gasteiger partial charge in [0.1, 0.15) is 5.75 Å². The SMILES string of the molecule is CCOC(=O)/C=C/c1ccccc1OC(C)(C)C(=O)O. The highest BCUT2D eigenvalue weighted by molar-refractivity contribution is 5.87. The zero-order valence-electron chi connectivity index (χ0n) is 11.8. The maximum absolute atomic E-state index is 11.3. The molecule has 5 nitrogen and oxygen atoms in total. The first-order chi connectivity index (χ1) is 9.36. The molecule has 0 fully saturated rings. The number of ether oxygens (including phenoxy) is 2. The molecular formula is C15H18O5. The minimum absolute atomic E-state index is 0.299. The van der Waals surface area contributed by atoms with E-state index in [0.717, 1.165) is 0 Å². The van der Waals surface area contributed by atoms with Gasteiger partial charge in [-0.25, -0.2) is 9.59 Å². The van der Waals surface area contributed by atoms with Gasteiger partial charge in [0.05, 0.1) is 6.61 Å². The second kappa shape index (κ2) is 6.75. The van der Waals surface area contributed by atoms with Crippen LogP contribution in [-0.2, 0) is 14.3 Å². The number of hydrogen-bond donors (Lipinski definition) is 1. The van der Waals surface area contributed by atoms with Crippen molar-refractivity contribution in [3.63, 3.8) is 0 Å². The van der Waals surface area contributed by atoms with Crippen LogP contribution in [0.2, 0.25) is 0 Å². The topological polar surface area (TPSA) is 72.8 Å². The van der Waals surface area contributed by atoms with Crippen LogP contribution < -0.4 is 4.74 Å². The lowest BCUT2D eigenvalue weighted by Crippen LogP contribution is -2.38. The van der Waals surface area contributed by atoms with Crippen LogP contribution in [0.4, 0.5) is 0 Å². The van der Waals surface area contributed by atoms with Crippen molar-refractivity contribution in [2.45, 2.75) is 26.4 Å². The Balaban J connectivity index is 2.94. The number of rotatable bonds is 6. The lowest BCUT2D eigenvalue weighted by atomic mass is 10.1. The molecule has 0 radical (unpaired) electrons. The molecule has 1 rings (SSSR count). The van der Waals surface area contributed by atoms with Crippen LogP contribution in [0.15, 0.2) is 30.3 Å². The third-order valence-electron chi connectivity index (χ3n) is 2.48. The molecule has 0 atom stereocenters. The van der Waals surface area contributed by atoms with Crippen LogP contribution in [0, 0.1) is 0 Å². The highest BCUT2D eigenvalue weighted by Gasteiger charge is 2.29. The van der Waals surface area contributed by atoms with Gasteiger partial charge in [-0.3, -0.25) is 0 Å². The summed E-state index contributed by atoms with van der Waals surface area (Å²) in [6, 6.07) is 6.87. The molecule has 0 saturated heterocycles. The fraction of sp³-hybridized carbons (Fsp3) is 0.333. The van der Waals surface area contributed by atoms with E-state index in [1.807, 2.05) is 0 Å². The van der Waals surface area contributed by atoms with Crippen molar-refractivity contribution in [3.8, 4) is 5.75 Å². The summed E-state index contributed by atoms with van der Waals surface area (Å²) in [5, 5.41) is 9.06. The fourth-order valence-corrected chi connectivity index (χ4v) is 1.38. The van der Waals surface area contributed by atoms with Gasteiger partial charge >= 0.3 is 11.9 Å². The van der Waals surface area contributed by atoms with Gasteiger partial charge in [0, 0.05) is 11.6 Å². The van der Waals surface area contributed by atoms with E-state index in [-0.39, 0.29) is 0 Å². The maximum Gasteiger partial charge on any atom is 0.347 e. The molecule has 1 aromatic rings. The molecule has 0 aromatic heterocycles. The molecule has 5 heteroatoms. The Kier molecular flexibility index (Phi) is 5.32. The molecule has 108 valence electrons. The van der Waals surface area contributed by atoms with E-state index >= 15 is 0 Å². The van der Waals surface area contributed by atoms with E-state index < -0.39 is 17.5 Å². The van der Waals surface area contributed by atoms with Gasteiger partial charge in [0.15, 0.2) is 5.60 Å². The molecule has 0 saturated carbocycles. The summed E-state index contributed by atoms with van der Waals surface area (Å²) >= 11 is 0. The summed E-state index contributed by atoms with van der Waals surface area (Å²) in [7, 11) is 0. The highest BCUT2D eigenvalue weighted by Crippen LogP contribution is 2.24. The van der Waals surface area contributed by atoms with Crippen molar-refractivity contribution in [1.29, 1.82) is 0 Å². The van der Waals surface area contributed by atoms with E-state index in [1.165, 1.54) is 26.0 Å². The Morgan fingerprint density at radius 3 is 2.55 bits per heavy atom. The monoisotopic (exact) mass is 278 g/mol. The van der Waals surface area contributed by atoms with Gasteiger partial charge < -0.3 is 14.6 Å². The smallest absolute Gasteiger partial charge is 0.347 e. The van der Waals surface area contributed by atoms with E-state index in [4.69, 9.17) is 14.6 Å². The largest absolute Gasteiger partial charge is 0.478 e. The molecule has 0 aliphatic carbocycles. The maximum atomic E-state index is 11.3. The van der Waals surface area contributed by atoms with E-state index in [0.29, 0.717) is 17.9 Å². The predicted molar refractivity (Wildman–Crippen MR) is 74.5 cm³/mol. The minimum atomic E-state index is -1.35. The molecule has 0 unspecified atom stereocenters. The molecule has 0 bridgehead atoms. The van der Waals surface area contributed by atoms with Crippen LogP contribution in [0.1, 0.15) is 26.3 Å². The first-order valence-electron chi connectivity index (χ1n) is 6.23. The molecule has 0 aliphatic rings. The first kappa shape index (κ1) is 15.8. The molecule has 20 heavy (non-hydrogen) atoms. The second-order valence-electron chi connectivity index (χ2n) is 4.54. The van der Waals surface area contributed by atoms with Crippen LogP contribution in [0.25, 0.3) is 6.08 Å². The Morgan fingerprint density at radius 1 is 1.30 bits per heavy atom. The summed E-state index contributed by atoms with van der Waals surface area (Å²) < 4.78 is 10.3. The van der Waals surface area contributed by atoms with Crippen molar-refractivity contribution in [1.82, 2.24) is 0 Å². The molecule has 0 amide bonds. The number of carbonyl (C=O) groups excluding carboxylic acids is 1. The standard InChI is InChI=1S/C15H18O5/c1-4-19-13(16)10-9-11-7-5-6-8-12(11)20-15(2,3)14(17)18/h5-10H,4H2,1-3H3,(H,17,18)/b10-9+. The third kappa shape index (κ3) is 4.42. The number of carboxylic acid groups (broad SMARTS) is 1. The Morgan fingerprint density at radius 2 is 1.95 bits per heavy atom. The summed E-state index contributed by atoms with van der Waals surface area (Å²) in [5.41, 5.74) is -0.747. The van der Waals surface area contributed by atoms with Crippen molar-refractivity contribution >= 4 is 18.0 Å². The van der Waals surface area contributed by atoms with Gasteiger partial charge in [-0.1, -0.05) is 18.2 Å². The summed E-state index contributed by atoms with van der Waals surface area (Å²) in [6.07, 6.45) is 2.81. The van der Waals surface area contributed by atoms with E-state index in [9.17, 15) is 9.59 Å². The van der Waals surface area contributed by atoms with Crippen molar-refractivity contribution in [2.24, 2.45) is 0 Å². The normalized spacial score (nSPS) is 11.3. The Labute approximate surface area is 117 Å². The van der Waals surface area contributed by atoms with Crippen LogP contribution in [0.3, 0.4) is 0 Å². The average Bonchev–Trinajstić information content (AvgIpc) is 2.37. The van der Waals surface area contributed by atoms with Crippen molar-refractivity contribution in [2.75, 3.05) is 6.61 Å². The van der Waals surface area contributed by atoms with E-state index in [2.05, 4.69) is 0 Å². The quantitative estimate of drug-likeness (QED) is 0.639. The number of esters is 1. The summed E-state index contributed by atoms with van der Waals surface area (Å²) in [6.45, 7) is 4.94. The number of benzene rings is 1. The van der Waals surface area contributed by atoms with Crippen molar-refractivity contribution < 1.29 is 24.2 Å².